The average molecular weight is 992 g/mol. The summed E-state index contributed by atoms with van der Waals surface area (Å²) < 4.78 is 21.1. The molecule has 10 rings (SSSR count). The zero-order chi connectivity index (χ0) is 48.0. The smallest absolute Gasteiger partial charge is 0.316 e. The van der Waals surface area contributed by atoms with E-state index in [0.29, 0.717) is 36.3 Å². The van der Waals surface area contributed by atoms with Crippen LogP contribution in [0.2, 0.25) is 0 Å². The van der Waals surface area contributed by atoms with Crippen LogP contribution in [-0.2, 0) is 25.3 Å². The SMILES string of the molecule is CCc1cnc(OC2CCC(c3nc(CCl)cs3)CC2)nc1.CCc1cnc(OC2CCC(c3nc(COc4ccc(-n5cnnn5)cc4C)cs3)CC2)nc1.Cc1cc(-n2cnnn2)ccc1O. The summed E-state index contributed by atoms with van der Waals surface area (Å²) in [5, 5.41) is 37.9. The van der Waals surface area contributed by atoms with Gasteiger partial charge in [-0.2, -0.15) is 0 Å². The Morgan fingerprint density at radius 1 is 0.638 bits per heavy atom. The average Bonchev–Trinajstić information content (AvgIpc) is 4.26. The van der Waals surface area contributed by atoms with Crippen molar-refractivity contribution in [3.05, 3.63) is 128 Å². The molecule has 2 saturated carbocycles. The lowest BCUT2D eigenvalue weighted by Crippen LogP contribution is -2.24. The minimum absolute atomic E-state index is 0.172. The van der Waals surface area contributed by atoms with Gasteiger partial charge in [-0.25, -0.2) is 39.3 Å². The van der Waals surface area contributed by atoms with E-state index in [4.69, 9.17) is 30.8 Å². The summed E-state index contributed by atoms with van der Waals surface area (Å²) in [6.45, 7) is 8.47. The maximum atomic E-state index is 9.28. The number of nitrogens with zero attached hydrogens (tertiary/aromatic N) is 14. The summed E-state index contributed by atoms with van der Waals surface area (Å²) in [5.74, 6) is 2.62. The fourth-order valence-corrected chi connectivity index (χ4v) is 10.1. The maximum absolute atomic E-state index is 9.28. The van der Waals surface area contributed by atoms with E-state index < -0.39 is 0 Å². The third-order valence-electron chi connectivity index (χ3n) is 12.0. The molecule has 2 aliphatic rings. The van der Waals surface area contributed by atoms with E-state index in [1.165, 1.54) is 21.0 Å². The lowest BCUT2D eigenvalue weighted by Gasteiger charge is -2.27. The molecule has 2 aromatic carbocycles. The fraction of sp³-hybridized carbons (Fsp3) is 0.417. The summed E-state index contributed by atoms with van der Waals surface area (Å²) in [6, 6.07) is 12.0. The highest BCUT2D eigenvalue weighted by molar-refractivity contribution is 7.10. The first-order valence-electron chi connectivity index (χ1n) is 23.1. The van der Waals surface area contributed by atoms with Gasteiger partial charge >= 0.3 is 12.0 Å². The van der Waals surface area contributed by atoms with Crippen molar-refractivity contribution in [2.45, 2.75) is 128 Å². The largest absolute Gasteiger partial charge is 0.508 e. The molecule has 18 nitrogen and oxygen atoms in total. The summed E-state index contributed by atoms with van der Waals surface area (Å²) in [4.78, 5) is 26.7. The van der Waals surface area contributed by atoms with E-state index in [0.717, 1.165) is 115 Å². The Kier molecular flexibility index (Phi) is 17.1. The van der Waals surface area contributed by atoms with Crippen LogP contribution in [-0.4, -0.2) is 87.6 Å². The number of ether oxygens (including phenoxy) is 3. The minimum atomic E-state index is 0.172. The molecule has 0 saturated heterocycles. The van der Waals surface area contributed by atoms with Crippen LogP contribution in [0.1, 0.15) is 121 Å². The molecule has 8 aromatic rings. The van der Waals surface area contributed by atoms with Gasteiger partial charge in [-0.05, 0) is 158 Å². The van der Waals surface area contributed by atoms with Gasteiger partial charge in [0.25, 0.3) is 0 Å². The number of tetrazole rings is 2. The number of benzene rings is 2. The van der Waals surface area contributed by atoms with Crippen molar-refractivity contribution in [2.24, 2.45) is 0 Å². The molecule has 6 aromatic heterocycles. The minimum Gasteiger partial charge on any atom is -0.508 e. The van der Waals surface area contributed by atoms with Crippen molar-refractivity contribution in [2.75, 3.05) is 0 Å². The summed E-state index contributed by atoms with van der Waals surface area (Å²) >= 11 is 9.28. The van der Waals surface area contributed by atoms with Crippen LogP contribution in [0.4, 0.5) is 0 Å². The molecule has 0 radical (unpaired) electrons. The van der Waals surface area contributed by atoms with E-state index in [1.807, 2.05) is 62.9 Å². The molecule has 6 heterocycles. The third-order valence-corrected chi connectivity index (χ3v) is 14.4. The second kappa shape index (κ2) is 24.2. The van der Waals surface area contributed by atoms with Crippen molar-refractivity contribution in [1.82, 2.24) is 70.3 Å². The first-order chi connectivity index (χ1) is 33.7. The lowest BCUT2D eigenvalue weighted by atomic mass is 9.88. The first kappa shape index (κ1) is 48.9. The van der Waals surface area contributed by atoms with E-state index in [9.17, 15) is 5.11 Å². The fourth-order valence-electron chi connectivity index (χ4n) is 7.91. The summed E-state index contributed by atoms with van der Waals surface area (Å²) in [5.41, 5.74) is 7.76. The number of aryl methyl sites for hydroxylation is 4. The number of rotatable bonds is 14. The number of hydrogen-bond donors (Lipinski definition) is 1. The first-order valence-corrected chi connectivity index (χ1v) is 25.4. The monoisotopic (exact) mass is 990 g/mol. The molecule has 21 heteroatoms. The van der Waals surface area contributed by atoms with Crippen molar-refractivity contribution >= 4 is 34.3 Å². The van der Waals surface area contributed by atoms with E-state index >= 15 is 0 Å². The normalized spacial score (nSPS) is 17.8. The molecule has 69 heavy (non-hydrogen) atoms. The van der Waals surface area contributed by atoms with Gasteiger partial charge < -0.3 is 19.3 Å². The molecule has 360 valence electrons. The number of aromatic nitrogens is 14. The molecule has 2 aliphatic carbocycles. The number of thiazole rings is 2. The molecule has 0 amide bonds. The van der Waals surface area contributed by atoms with Crippen LogP contribution in [0, 0.1) is 13.8 Å². The molecule has 0 bridgehead atoms. The highest BCUT2D eigenvalue weighted by atomic mass is 35.5. The second-order valence-electron chi connectivity index (χ2n) is 16.8. The van der Waals surface area contributed by atoms with Gasteiger partial charge in [-0.3, -0.25) is 0 Å². The quantitative estimate of drug-likeness (QED) is 0.100. The van der Waals surface area contributed by atoms with Crippen molar-refractivity contribution in [1.29, 1.82) is 0 Å². The van der Waals surface area contributed by atoms with Gasteiger partial charge in [0.05, 0.1) is 38.7 Å². The Balaban J connectivity index is 0.000000156. The molecule has 0 unspecified atom stereocenters. The Morgan fingerprint density at radius 2 is 1.12 bits per heavy atom. The standard InChI is InChI=1S/C24H27N7O2S.C16H20ClN3OS.C8H8N4O/c1-3-17-11-25-24(26-12-17)33-21-7-4-18(5-8-21)23-28-19(14-34-23)13-32-22-9-6-20(10-16(22)2)31-15-27-29-30-31;1-2-11-8-18-16(19-9-11)21-14-5-3-12(4-6-14)15-20-13(7-17)10-22-15;1-6-4-7(2-3-8(6)13)12-5-9-10-11-12/h6,9-12,14-15,18,21H,3-5,7-8,13H2,1-2H3;8-10,12,14H,2-7H2,1H3;2-5,13H,1H3. The summed E-state index contributed by atoms with van der Waals surface area (Å²) in [6.07, 6.45) is 21.1. The molecule has 0 aliphatic heterocycles. The van der Waals surface area contributed by atoms with Gasteiger partial charge in [0.15, 0.2) is 0 Å². The maximum Gasteiger partial charge on any atom is 0.316 e. The Hall–Kier alpha value is -6.51. The van der Waals surface area contributed by atoms with Crippen molar-refractivity contribution in [3.8, 4) is 34.9 Å². The highest BCUT2D eigenvalue weighted by Gasteiger charge is 2.27. The van der Waals surface area contributed by atoms with E-state index in [-0.39, 0.29) is 18.0 Å². The Morgan fingerprint density at radius 3 is 1.55 bits per heavy atom. The zero-order valence-electron chi connectivity index (χ0n) is 39.0. The van der Waals surface area contributed by atoms with Crippen LogP contribution in [0.25, 0.3) is 11.4 Å². The number of aromatic hydroxyl groups is 1. The predicted molar refractivity (Wildman–Crippen MR) is 262 cm³/mol. The van der Waals surface area contributed by atoms with Gasteiger partial charge in [-0.15, -0.1) is 44.5 Å². The predicted octanol–water partition coefficient (Wildman–Crippen LogP) is 9.48. The van der Waals surface area contributed by atoms with E-state index in [2.05, 4.69) is 80.6 Å². The number of halogens is 1. The number of phenols is 1. The van der Waals surface area contributed by atoms with E-state index in [1.54, 1.807) is 45.8 Å². The van der Waals surface area contributed by atoms with Crippen LogP contribution in [0.15, 0.2) is 84.6 Å². The molecule has 0 spiro atoms. The van der Waals surface area contributed by atoms with Gasteiger partial charge in [0.1, 0.15) is 43.0 Å². The molecule has 0 atom stereocenters. The molecular formula is C48H55ClN14O4S2. The number of alkyl halides is 1. The second-order valence-corrected chi connectivity index (χ2v) is 18.9. The molecular weight excluding hydrogens is 936 g/mol. The summed E-state index contributed by atoms with van der Waals surface area (Å²) in [7, 11) is 0. The van der Waals surface area contributed by atoms with Gasteiger partial charge in [-0.1, -0.05) is 13.8 Å². The van der Waals surface area contributed by atoms with Crippen LogP contribution < -0.4 is 14.2 Å². The molecule has 2 fully saturated rings. The number of hydrogen-bond acceptors (Lipinski definition) is 18. The van der Waals surface area contributed by atoms with Gasteiger partial charge in [0.2, 0.25) is 0 Å². The third kappa shape index (κ3) is 13.6. The lowest BCUT2D eigenvalue weighted by molar-refractivity contribution is 0.133. The number of phenolic OH excluding ortho intramolecular Hbond substituents is 1. The van der Waals surface area contributed by atoms with Gasteiger partial charge in [0, 0.05) is 47.4 Å². The zero-order valence-corrected chi connectivity index (χ0v) is 41.4. The van der Waals surface area contributed by atoms with Crippen LogP contribution in [0.5, 0.6) is 23.5 Å². The topological polar surface area (TPSA) is 212 Å². The highest BCUT2D eigenvalue weighted by Crippen LogP contribution is 2.37. The Bertz CT molecular complexity index is 2780. The van der Waals surface area contributed by atoms with Crippen molar-refractivity contribution in [3.63, 3.8) is 0 Å². The van der Waals surface area contributed by atoms with Crippen LogP contribution >= 0.6 is 34.3 Å². The van der Waals surface area contributed by atoms with Crippen LogP contribution in [0.3, 0.4) is 0 Å². The molecule has 1 N–H and O–H groups in total. The Labute approximate surface area is 413 Å². The van der Waals surface area contributed by atoms with Crippen molar-refractivity contribution < 1.29 is 19.3 Å².